The van der Waals surface area contributed by atoms with Crippen LogP contribution in [0.4, 0.5) is 0 Å². The van der Waals surface area contributed by atoms with E-state index < -0.39 is 8.24 Å². The standard InChI is InChI=1S/C7H19NSi/c1-5-7(6-2)9(3,4)8/h7H,5-6,8H2,1-4H3. The molecule has 0 atom stereocenters. The monoisotopic (exact) mass is 145 g/mol. The highest BCUT2D eigenvalue weighted by Crippen LogP contribution is 2.23. The lowest BCUT2D eigenvalue weighted by Gasteiger charge is -2.25. The molecule has 0 aliphatic carbocycles. The SMILES string of the molecule is CCC(CC)[Si](C)(C)N. The summed E-state index contributed by atoms with van der Waals surface area (Å²) in [5.41, 5.74) is 0.817. The Balaban J connectivity index is 3.79. The zero-order valence-corrected chi connectivity index (χ0v) is 8.07. The molecule has 0 aliphatic heterocycles. The predicted molar refractivity (Wildman–Crippen MR) is 46.0 cm³/mol. The maximum Gasteiger partial charge on any atom is 0.119 e. The number of nitrogens with two attached hydrogens (primary N) is 1. The summed E-state index contributed by atoms with van der Waals surface area (Å²) in [7, 11) is -1.29. The second-order valence-electron chi connectivity index (χ2n) is 3.33. The Kier molecular flexibility index (Phi) is 3.44. The third kappa shape index (κ3) is 3.01. The summed E-state index contributed by atoms with van der Waals surface area (Å²) in [5.74, 6) is 0. The van der Waals surface area contributed by atoms with E-state index in [0.717, 1.165) is 5.54 Å². The van der Waals surface area contributed by atoms with Crippen LogP contribution >= 0.6 is 0 Å². The zero-order chi connectivity index (χ0) is 7.49. The van der Waals surface area contributed by atoms with E-state index in [9.17, 15) is 0 Å². The van der Waals surface area contributed by atoms with Crippen LogP contribution in [0.1, 0.15) is 26.7 Å². The van der Waals surface area contributed by atoms with Crippen LogP contribution in [0.15, 0.2) is 0 Å². The second kappa shape index (κ2) is 3.37. The molecule has 0 aromatic heterocycles. The maximum absolute atomic E-state index is 6.04. The van der Waals surface area contributed by atoms with E-state index >= 15 is 0 Å². The van der Waals surface area contributed by atoms with Gasteiger partial charge in [-0.05, 0) is 5.54 Å². The van der Waals surface area contributed by atoms with Gasteiger partial charge in [-0.3, -0.25) is 0 Å². The Bertz CT molecular complexity index is 71.5. The first-order valence-electron chi connectivity index (χ1n) is 3.81. The van der Waals surface area contributed by atoms with Crippen molar-refractivity contribution in [2.45, 2.75) is 45.3 Å². The Morgan fingerprint density at radius 2 is 1.56 bits per heavy atom. The van der Waals surface area contributed by atoms with Crippen molar-refractivity contribution in [1.29, 1.82) is 0 Å². The fourth-order valence-electron chi connectivity index (χ4n) is 1.34. The van der Waals surface area contributed by atoms with Gasteiger partial charge in [-0.15, -0.1) is 0 Å². The topological polar surface area (TPSA) is 26.0 Å². The van der Waals surface area contributed by atoms with E-state index in [2.05, 4.69) is 26.9 Å². The second-order valence-corrected chi connectivity index (χ2v) is 7.79. The highest BCUT2D eigenvalue weighted by molar-refractivity contribution is 6.75. The molecule has 0 amide bonds. The highest BCUT2D eigenvalue weighted by atomic mass is 28.3. The molecule has 0 rings (SSSR count). The molecule has 0 bridgehead atoms. The summed E-state index contributed by atoms with van der Waals surface area (Å²) >= 11 is 0. The molecular weight excluding hydrogens is 126 g/mol. The van der Waals surface area contributed by atoms with Crippen LogP contribution in [0, 0.1) is 0 Å². The first kappa shape index (κ1) is 9.18. The van der Waals surface area contributed by atoms with Gasteiger partial charge >= 0.3 is 0 Å². The summed E-state index contributed by atoms with van der Waals surface area (Å²) in [4.78, 5) is 0. The molecule has 0 saturated heterocycles. The third-order valence-electron chi connectivity index (χ3n) is 2.04. The van der Waals surface area contributed by atoms with Gasteiger partial charge in [0.05, 0.1) is 0 Å². The minimum atomic E-state index is -1.29. The van der Waals surface area contributed by atoms with Crippen molar-refractivity contribution in [2.75, 3.05) is 0 Å². The van der Waals surface area contributed by atoms with Crippen LogP contribution in [0.3, 0.4) is 0 Å². The molecule has 0 aromatic rings. The van der Waals surface area contributed by atoms with Crippen molar-refractivity contribution in [2.24, 2.45) is 5.40 Å². The van der Waals surface area contributed by atoms with Gasteiger partial charge in [0, 0.05) is 0 Å². The predicted octanol–water partition coefficient (Wildman–Crippen LogP) is 2.34. The van der Waals surface area contributed by atoms with Crippen molar-refractivity contribution in [1.82, 2.24) is 0 Å². The minimum Gasteiger partial charge on any atom is -0.351 e. The molecule has 0 heterocycles. The zero-order valence-electron chi connectivity index (χ0n) is 7.07. The smallest absolute Gasteiger partial charge is 0.119 e. The van der Waals surface area contributed by atoms with E-state index in [1.807, 2.05) is 0 Å². The van der Waals surface area contributed by atoms with E-state index in [1.54, 1.807) is 0 Å². The lowest BCUT2D eigenvalue weighted by atomic mass is 10.3. The van der Waals surface area contributed by atoms with E-state index in [0.29, 0.717) is 0 Å². The van der Waals surface area contributed by atoms with Gasteiger partial charge in [-0.1, -0.05) is 39.8 Å². The molecule has 0 aliphatic rings. The summed E-state index contributed by atoms with van der Waals surface area (Å²) < 4.78 is 0. The van der Waals surface area contributed by atoms with Crippen molar-refractivity contribution in [3.8, 4) is 0 Å². The van der Waals surface area contributed by atoms with Gasteiger partial charge in [0.25, 0.3) is 0 Å². The Hall–Kier alpha value is 0.177. The Morgan fingerprint density at radius 3 is 1.56 bits per heavy atom. The largest absolute Gasteiger partial charge is 0.351 e. The molecule has 0 radical (unpaired) electrons. The van der Waals surface area contributed by atoms with Crippen molar-refractivity contribution in [3.63, 3.8) is 0 Å². The number of hydrogen-bond acceptors (Lipinski definition) is 1. The fraction of sp³-hybridized carbons (Fsp3) is 1.00. The number of hydrogen-bond donors (Lipinski definition) is 1. The lowest BCUT2D eigenvalue weighted by molar-refractivity contribution is 0.734. The van der Waals surface area contributed by atoms with Gasteiger partial charge in [-0.25, -0.2) is 0 Å². The van der Waals surface area contributed by atoms with Crippen molar-refractivity contribution in [3.05, 3.63) is 0 Å². The van der Waals surface area contributed by atoms with E-state index in [4.69, 9.17) is 5.40 Å². The van der Waals surface area contributed by atoms with Crippen LogP contribution in [0.25, 0.3) is 0 Å². The van der Waals surface area contributed by atoms with Crippen LogP contribution in [0.2, 0.25) is 18.6 Å². The molecule has 0 unspecified atom stereocenters. The summed E-state index contributed by atoms with van der Waals surface area (Å²) in [6, 6.07) is 0. The van der Waals surface area contributed by atoms with E-state index in [1.165, 1.54) is 12.8 Å². The molecule has 56 valence electrons. The van der Waals surface area contributed by atoms with Crippen LogP contribution < -0.4 is 5.40 Å². The van der Waals surface area contributed by atoms with Gasteiger partial charge in [0.15, 0.2) is 0 Å². The fourth-order valence-corrected chi connectivity index (χ4v) is 3.45. The van der Waals surface area contributed by atoms with Crippen molar-refractivity contribution >= 4 is 8.24 Å². The summed E-state index contributed by atoms with van der Waals surface area (Å²) in [6.07, 6.45) is 2.51. The van der Waals surface area contributed by atoms with Crippen LogP contribution in [-0.4, -0.2) is 8.24 Å². The van der Waals surface area contributed by atoms with Gasteiger partial charge < -0.3 is 5.40 Å². The average molecular weight is 145 g/mol. The molecule has 0 aromatic carbocycles. The first-order valence-corrected chi connectivity index (χ1v) is 6.96. The molecule has 2 heteroatoms. The normalized spacial score (nSPS) is 12.7. The molecule has 9 heavy (non-hydrogen) atoms. The van der Waals surface area contributed by atoms with Crippen LogP contribution in [0.5, 0.6) is 0 Å². The van der Waals surface area contributed by atoms with Gasteiger partial charge in [0.1, 0.15) is 8.24 Å². The highest BCUT2D eigenvalue weighted by Gasteiger charge is 2.23. The lowest BCUT2D eigenvalue weighted by Crippen LogP contribution is -2.43. The van der Waals surface area contributed by atoms with Gasteiger partial charge in [-0.2, -0.15) is 0 Å². The maximum atomic E-state index is 6.04. The Labute approximate surface area is 59.7 Å². The van der Waals surface area contributed by atoms with Crippen LogP contribution in [-0.2, 0) is 0 Å². The van der Waals surface area contributed by atoms with E-state index in [-0.39, 0.29) is 0 Å². The van der Waals surface area contributed by atoms with Gasteiger partial charge in [0.2, 0.25) is 0 Å². The molecular formula is C7H19NSi. The minimum absolute atomic E-state index is 0.817. The first-order chi connectivity index (χ1) is 4.02. The van der Waals surface area contributed by atoms with Crippen molar-refractivity contribution < 1.29 is 0 Å². The third-order valence-corrected chi connectivity index (χ3v) is 4.96. The molecule has 2 N–H and O–H groups in total. The summed E-state index contributed by atoms with van der Waals surface area (Å²) in [5, 5.41) is 6.04. The molecule has 0 fully saturated rings. The Morgan fingerprint density at radius 1 is 1.22 bits per heavy atom. The molecule has 0 saturated carbocycles. The number of rotatable bonds is 3. The average Bonchev–Trinajstić information content (AvgIpc) is 1.65. The quantitative estimate of drug-likeness (QED) is 0.606. The summed E-state index contributed by atoms with van der Waals surface area (Å²) in [6.45, 7) is 8.95. The molecule has 0 spiro atoms. The molecule has 1 nitrogen and oxygen atoms in total.